The van der Waals surface area contributed by atoms with E-state index in [4.69, 9.17) is 9.47 Å². The van der Waals surface area contributed by atoms with Gasteiger partial charge in [0.2, 0.25) is 0 Å². The molecule has 0 fully saturated rings. The van der Waals surface area contributed by atoms with Gasteiger partial charge >= 0.3 is 0 Å². The van der Waals surface area contributed by atoms with E-state index in [9.17, 15) is 0 Å². The zero-order valence-electron chi connectivity index (χ0n) is 14.4. The first-order chi connectivity index (χ1) is 13.4. The number of para-hydroxylation sites is 2. The van der Waals surface area contributed by atoms with Crippen LogP contribution in [0.15, 0.2) is 85.2 Å². The van der Waals surface area contributed by atoms with Crippen molar-refractivity contribution in [2.75, 3.05) is 0 Å². The number of pyridine rings is 1. The number of hydrogen-bond donors (Lipinski definition) is 0. The third kappa shape index (κ3) is 2.13. The third-order valence-corrected chi connectivity index (χ3v) is 5.29. The quantitative estimate of drug-likeness (QED) is 0.427. The molecule has 0 aliphatic carbocycles. The Balaban J connectivity index is 1.64. The topological polar surface area (TPSA) is 31.4 Å². The Kier molecular flexibility index (Phi) is 2.97. The second kappa shape index (κ2) is 5.48. The number of hydrogen-bond acceptors (Lipinski definition) is 3. The van der Waals surface area contributed by atoms with Crippen LogP contribution < -0.4 is 25.9 Å². The van der Waals surface area contributed by atoms with Crippen LogP contribution in [-0.2, 0) is 0 Å². The van der Waals surface area contributed by atoms with E-state index in [0.717, 1.165) is 39.6 Å². The van der Waals surface area contributed by atoms with Gasteiger partial charge in [-0.15, -0.1) is 0 Å². The predicted octanol–water partition coefficient (Wildman–Crippen LogP) is 3.48. The fraction of sp³-hybridized carbons (Fsp3) is 0. The molecule has 2 aliphatic rings. The Morgan fingerprint density at radius 1 is 0.630 bits per heavy atom. The fourth-order valence-electron chi connectivity index (χ4n) is 4.09. The molecule has 3 aromatic carbocycles. The van der Waals surface area contributed by atoms with Gasteiger partial charge in [-0.3, -0.25) is 4.98 Å². The average Bonchev–Trinajstić information content (AvgIpc) is 2.74. The van der Waals surface area contributed by atoms with E-state index in [1.807, 2.05) is 42.6 Å². The lowest BCUT2D eigenvalue weighted by Crippen LogP contribution is -2.57. The number of rotatable bonds is 1. The van der Waals surface area contributed by atoms with Crippen molar-refractivity contribution in [3.05, 3.63) is 85.2 Å². The summed E-state index contributed by atoms with van der Waals surface area (Å²) in [6.45, 7) is 0.118. The van der Waals surface area contributed by atoms with E-state index in [2.05, 4.69) is 41.4 Å². The summed E-state index contributed by atoms with van der Waals surface area (Å²) in [7, 11) is 0. The van der Waals surface area contributed by atoms with Crippen LogP contribution in [0, 0.1) is 0 Å². The van der Waals surface area contributed by atoms with E-state index in [0.29, 0.717) is 0 Å². The van der Waals surface area contributed by atoms with Crippen molar-refractivity contribution in [1.82, 2.24) is 4.98 Å². The Morgan fingerprint density at radius 3 is 1.85 bits per heavy atom. The Bertz CT molecular complexity index is 1120. The van der Waals surface area contributed by atoms with Gasteiger partial charge in [0.15, 0.2) is 0 Å². The van der Waals surface area contributed by atoms with Gasteiger partial charge in [-0.25, -0.2) is 0 Å². The smallest absolute Gasteiger partial charge is 0.260 e. The molecule has 0 radical (unpaired) electrons. The van der Waals surface area contributed by atoms with E-state index in [1.54, 1.807) is 6.20 Å². The highest BCUT2D eigenvalue weighted by Crippen LogP contribution is 2.37. The summed E-state index contributed by atoms with van der Waals surface area (Å²) >= 11 is 0. The van der Waals surface area contributed by atoms with Crippen molar-refractivity contribution < 1.29 is 9.47 Å². The fourth-order valence-corrected chi connectivity index (χ4v) is 4.09. The molecule has 0 N–H and O–H groups in total. The molecule has 3 heterocycles. The molecule has 4 heteroatoms. The molecular weight excluding hydrogens is 333 g/mol. The summed E-state index contributed by atoms with van der Waals surface area (Å²) in [5.74, 6) is 3.51. The summed E-state index contributed by atoms with van der Waals surface area (Å²) in [5, 5.41) is 0. The van der Waals surface area contributed by atoms with Crippen molar-refractivity contribution >= 4 is 23.1 Å². The van der Waals surface area contributed by atoms with Crippen LogP contribution in [0.5, 0.6) is 23.0 Å². The molecule has 27 heavy (non-hydrogen) atoms. The number of fused-ring (bicyclic) bond motifs is 4. The molecule has 4 aromatic rings. The lowest BCUT2D eigenvalue weighted by atomic mass is 9.35. The number of benzene rings is 3. The molecule has 0 saturated heterocycles. The van der Waals surface area contributed by atoms with Crippen LogP contribution >= 0.6 is 0 Å². The first-order valence-corrected chi connectivity index (χ1v) is 9.00. The maximum absolute atomic E-state index is 6.30. The Hall–Kier alpha value is -3.53. The minimum atomic E-state index is 0.118. The lowest BCUT2D eigenvalue weighted by Gasteiger charge is -2.33. The van der Waals surface area contributed by atoms with Crippen LogP contribution in [0.3, 0.4) is 0 Å². The number of ether oxygens (including phenoxy) is 2. The molecule has 3 nitrogen and oxygen atoms in total. The molecule has 0 amide bonds. The largest absolute Gasteiger partial charge is 0.458 e. The maximum Gasteiger partial charge on any atom is 0.260 e. The molecular formula is C23H14BNO2. The van der Waals surface area contributed by atoms with Crippen molar-refractivity contribution in [2.24, 2.45) is 0 Å². The highest BCUT2D eigenvalue weighted by molar-refractivity contribution is 6.98. The molecule has 126 valence electrons. The second-order valence-corrected chi connectivity index (χ2v) is 6.84. The Labute approximate surface area is 157 Å². The third-order valence-electron chi connectivity index (χ3n) is 5.29. The van der Waals surface area contributed by atoms with Crippen LogP contribution in [0.25, 0.3) is 11.1 Å². The zero-order valence-corrected chi connectivity index (χ0v) is 14.4. The van der Waals surface area contributed by atoms with Crippen LogP contribution in [0.4, 0.5) is 0 Å². The SMILES string of the molecule is c1cncc(-c2cc3c4c(c2)Oc2ccccc2B4c2ccccc2O3)c1. The summed E-state index contributed by atoms with van der Waals surface area (Å²) < 4.78 is 12.6. The minimum Gasteiger partial charge on any atom is -0.458 e. The molecule has 6 rings (SSSR count). The van der Waals surface area contributed by atoms with E-state index in [-0.39, 0.29) is 6.71 Å². The van der Waals surface area contributed by atoms with Gasteiger partial charge in [0.1, 0.15) is 23.0 Å². The number of nitrogens with zero attached hydrogens (tertiary/aromatic N) is 1. The highest BCUT2D eigenvalue weighted by Gasteiger charge is 2.39. The van der Waals surface area contributed by atoms with Gasteiger partial charge < -0.3 is 9.47 Å². The number of aromatic nitrogens is 1. The van der Waals surface area contributed by atoms with E-state index >= 15 is 0 Å². The van der Waals surface area contributed by atoms with Gasteiger partial charge in [0.05, 0.1) is 0 Å². The first kappa shape index (κ1) is 14.6. The summed E-state index contributed by atoms with van der Waals surface area (Å²) in [4.78, 5) is 4.25. The summed E-state index contributed by atoms with van der Waals surface area (Å²) in [6, 6.07) is 24.7. The van der Waals surface area contributed by atoms with Crippen molar-refractivity contribution in [1.29, 1.82) is 0 Å². The monoisotopic (exact) mass is 347 g/mol. The molecule has 2 aliphatic heterocycles. The van der Waals surface area contributed by atoms with Gasteiger partial charge in [0.25, 0.3) is 6.71 Å². The van der Waals surface area contributed by atoms with Gasteiger partial charge in [-0.1, -0.05) is 42.5 Å². The van der Waals surface area contributed by atoms with Gasteiger partial charge in [0, 0.05) is 23.4 Å². The predicted molar refractivity (Wildman–Crippen MR) is 107 cm³/mol. The van der Waals surface area contributed by atoms with Crippen molar-refractivity contribution in [3.8, 4) is 34.1 Å². The van der Waals surface area contributed by atoms with Crippen LogP contribution in [0.1, 0.15) is 0 Å². The summed E-state index contributed by atoms with van der Waals surface area (Å²) in [6.07, 6.45) is 3.64. The van der Waals surface area contributed by atoms with Gasteiger partial charge in [-0.2, -0.15) is 0 Å². The molecule has 1 aromatic heterocycles. The Morgan fingerprint density at radius 2 is 1.26 bits per heavy atom. The van der Waals surface area contributed by atoms with E-state index < -0.39 is 0 Å². The molecule has 0 saturated carbocycles. The normalized spacial score (nSPS) is 13.0. The highest BCUT2D eigenvalue weighted by atomic mass is 16.5. The molecule has 0 bridgehead atoms. The van der Waals surface area contributed by atoms with Crippen LogP contribution in [0.2, 0.25) is 0 Å². The van der Waals surface area contributed by atoms with Gasteiger partial charge in [-0.05, 0) is 46.8 Å². The molecule has 0 unspecified atom stereocenters. The summed E-state index contributed by atoms with van der Waals surface area (Å²) in [5.41, 5.74) is 5.53. The molecule has 0 atom stereocenters. The van der Waals surface area contributed by atoms with Crippen molar-refractivity contribution in [3.63, 3.8) is 0 Å². The average molecular weight is 347 g/mol. The standard InChI is InChI=1S/C23H14BNO2/c1-3-9-19-17(7-1)24-18-8-2-4-10-20(18)27-22-13-16(12-21(26-19)23(22)24)15-6-5-11-25-14-15/h1-14H. The maximum atomic E-state index is 6.30. The minimum absolute atomic E-state index is 0.118. The lowest BCUT2D eigenvalue weighted by molar-refractivity contribution is 0.465. The van der Waals surface area contributed by atoms with Crippen LogP contribution in [-0.4, -0.2) is 11.7 Å². The van der Waals surface area contributed by atoms with E-state index in [1.165, 1.54) is 10.9 Å². The van der Waals surface area contributed by atoms with Crippen molar-refractivity contribution in [2.45, 2.75) is 0 Å². The zero-order chi connectivity index (χ0) is 17.8. The molecule has 0 spiro atoms. The second-order valence-electron chi connectivity index (χ2n) is 6.84. The first-order valence-electron chi connectivity index (χ1n) is 9.00.